The quantitative estimate of drug-likeness (QED) is 0.107. The maximum absolute atomic E-state index is 6.03. The molecule has 0 amide bonds. The predicted molar refractivity (Wildman–Crippen MR) is 272 cm³/mol. The fourth-order valence-corrected chi connectivity index (χ4v) is 10.5. The Balaban J connectivity index is 0.000000232. The number of rotatable bonds is 9. The number of furan rings is 1. The van der Waals surface area contributed by atoms with Crippen LogP contribution in [0.15, 0.2) is 150 Å². The Labute approximate surface area is 398 Å². The largest absolute Gasteiger partial charge is 0.482 e. The van der Waals surface area contributed by atoms with Crippen LogP contribution in [-0.2, 0) is 26.5 Å². The number of aromatic nitrogens is 4. The molecule has 0 spiro atoms. The number of hydrogen-bond donors (Lipinski definition) is 0. The third-order valence-electron chi connectivity index (χ3n) is 12.1. The van der Waals surface area contributed by atoms with Gasteiger partial charge in [0.25, 0.3) is 0 Å². The van der Waals surface area contributed by atoms with Gasteiger partial charge in [-0.15, -0.1) is 42.0 Å². The van der Waals surface area contributed by atoms with Gasteiger partial charge in [-0.25, -0.2) is 0 Å². The second-order valence-corrected chi connectivity index (χ2v) is 24.1. The monoisotopic (exact) mass is 1050 g/mol. The molecule has 0 aliphatic carbocycles. The topological polar surface area (TPSA) is 56.7 Å². The zero-order valence-corrected chi connectivity index (χ0v) is 42.2. The molecule has 0 aliphatic rings. The molecule has 0 fully saturated rings. The van der Waals surface area contributed by atoms with E-state index in [9.17, 15) is 0 Å². The maximum atomic E-state index is 6.03. The second-order valence-electron chi connectivity index (χ2n) is 19.1. The van der Waals surface area contributed by atoms with Gasteiger partial charge in [0, 0.05) is 32.0 Å². The van der Waals surface area contributed by atoms with Gasteiger partial charge in [-0.1, -0.05) is 150 Å². The summed E-state index contributed by atoms with van der Waals surface area (Å²) in [5, 5.41) is 5.87. The molecule has 0 saturated heterocycles. The molecule has 10 rings (SSSR count). The average Bonchev–Trinajstić information content (AvgIpc) is 3.87. The minimum absolute atomic E-state index is 0. The van der Waals surface area contributed by atoms with Crippen LogP contribution in [0.3, 0.4) is 0 Å². The molecular formula is C58H56IrN4OSi-2. The Morgan fingerprint density at radius 2 is 1.35 bits per heavy atom. The van der Waals surface area contributed by atoms with Crippen molar-refractivity contribution in [2.75, 3.05) is 0 Å². The second kappa shape index (κ2) is 18.9. The molecule has 0 saturated carbocycles. The number of para-hydroxylation sites is 3. The van der Waals surface area contributed by atoms with E-state index in [1.54, 1.807) is 0 Å². The van der Waals surface area contributed by atoms with Gasteiger partial charge >= 0.3 is 0 Å². The Hall–Kier alpha value is -5.98. The summed E-state index contributed by atoms with van der Waals surface area (Å²) in [7, 11) is -1.34. The normalized spacial score (nSPS) is 11.8. The maximum Gasteiger partial charge on any atom is 0.151 e. The van der Waals surface area contributed by atoms with Crippen molar-refractivity contribution in [3.8, 4) is 39.5 Å². The molecule has 4 aromatic heterocycles. The third kappa shape index (κ3) is 9.29. The van der Waals surface area contributed by atoms with Gasteiger partial charge < -0.3 is 14.0 Å². The van der Waals surface area contributed by atoms with Crippen LogP contribution in [0.4, 0.5) is 0 Å². The van der Waals surface area contributed by atoms with Crippen LogP contribution in [0, 0.1) is 18.1 Å². The fraction of sp³-hybridized carbons (Fsp3) is 0.224. The molecule has 10 aromatic rings. The molecule has 1 radical (unpaired) electrons. The minimum atomic E-state index is -1.34. The smallest absolute Gasteiger partial charge is 0.151 e. The first-order chi connectivity index (χ1) is 30.8. The molecule has 329 valence electrons. The molecule has 0 bridgehead atoms. The summed E-state index contributed by atoms with van der Waals surface area (Å²) in [4.78, 5) is 14.6. The van der Waals surface area contributed by atoms with E-state index in [1.807, 2.05) is 48.7 Å². The van der Waals surface area contributed by atoms with Gasteiger partial charge in [-0.05, 0) is 116 Å². The van der Waals surface area contributed by atoms with Crippen LogP contribution in [0.25, 0.3) is 83.3 Å². The van der Waals surface area contributed by atoms with Crippen LogP contribution < -0.4 is 5.19 Å². The van der Waals surface area contributed by atoms with E-state index in [1.165, 1.54) is 49.5 Å². The third-order valence-corrected chi connectivity index (χ3v) is 14.1. The minimum Gasteiger partial charge on any atom is -0.482 e. The molecule has 65 heavy (non-hydrogen) atoms. The van der Waals surface area contributed by atoms with Crippen LogP contribution >= 0.6 is 0 Å². The van der Waals surface area contributed by atoms with E-state index in [0.717, 1.165) is 56.5 Å². The molecule has 5 nitrogen and oxygen atoms in total. The number of pyridine rings is 2. The summed E-state index contributed by atoms with van der Waals surface area (Å²) in [6.07, 6.45) is 5.08. The molecule has 0 aliphatic heterocycles. The van der Waals surface area contributed by atoms with Crippen LogP contribution in [0.2, 0.25) is 19.6 Å². The summed E-state index contributed by atoms with van der Waals surface area (Å²) in [5.74, 6) is 2.05. The van der Waals surface area contributed by atoms with Gasteiger partial charge in [0.1, 0.15) is 0 Å². The van der Waals surface area contributed by atoms with E-state index in [0.29, 0.717) is 11.6 Å². The van der Waals surface area contributed by atoms with Crippen LogP contribution in [0.5, 0.6) is 0 Å². The first-order valence-electron chi connectivity index (χ1n) is 22.6. The molecule has 0 unspecified atom stereocenters. The van der Waals surface area contributed by atoms with Crippen molar-refractivity contribution < 1.29 is 24.5 Å². The summed E-state index contributed by atoms with van der Waals surface area (Å²) in [6, 6.07) is 53.8. The number of benzene rings is 6. The van der Waals surface area contributed by atoms with Gasteiger partial charge in [0.15, 0.2) is 5.71 Å². The van der Waals surface area contributed by atoms with Gasteiger partial charge in [-0.2, -0.15) is 0 Å². The number of hydrogen-bond acceptors (Lipinski definition) is 4. The fourth-order valence-electron chi connectivity index (χ4n) is 8.92. The summed E-state index contributed by atoms with van der Waals surface area (Å²) in [5.41, 5.74) is 14.1. The standard InChI is InChI=1S/C40H32N3O.C18H24NSi.Ir/c1-24(2)32-20-29(28-18-17-26-11-5-6-12-27(26)19-28)21-33(25(3)4)38(32)43-36-15-9-8-14-35(36)42-39(43)30-22-34-31-13-7-10-16-37(31)44-40(34)41-23-30;1-14(2)11-16-12-17(15-9-7-6-8-10-15)19-13-18(16)20(3,4)5;/h5-21,23-25H,1-4H3;6-9,12-14H,11H2,1-5H3;/q2*-1;. The van der Waals surface area contributed by atoms with Crippen molar-refractivity contribution in [1.29, 1.82) is 0 Å². The first kappa shape index (κ1) is 45.6. The number of nitrogens with zero attached hydrogens (tertiary/aromatic N) is 4. The average molecular weight is 1050 g/mol. The molecule has 0 atom stereocenters. The van der Waals surface area contributed by atoms with Crippen molar-refractivity contribution in [1.82, 2.24) is 19.5 Å². The Morgan fingerprint density at radius 3 is 2.06 bits per heavy atom. The summed E-state index contributed by atoms with van der Waals surface area (Å²) >= 11 is 0. The van der Waals surface area contributed by atoms with E-state index >= 15 is 0 Å². The van der Waals surface area contributed by atoms with E-state index < -0.39 is 8.07 Å². The van der Waals surface area contributed by atoms with E-state index in [4.69, 9.17) is 14.4 Å². The number of imidazole rings is 1. The van der Waals surface area contributed by atoms with Crippen molar-refractivity contribution in [3.05, 3.63) is 175 Å². The molecule has 0 N–H and O–H groups in total. The molecule has 6 aromatic carbocycles. The van der Waals surface area contributed by atoms with E-state index in [-0.39, 0.29) is 31.9 Å². The Morgan fingerprint density at radius 1 is 0.662 bits per heavy atom. The number of fused-ring (bicyclic) bond motifs is 5. The van der Waals surface area contributed by atoms with Crippen LogP contribution in [-0.4, -0.2) is 27.6 Å². The van der Waals surface area contributed by atoms with Gasteiger partial charge in [0.2, 0.25) is 0 Å². The molecule has 7 heteroatoms. The Bertz CT molecular complexity index is 3260. The summed E-state index contributed by atoms with van der Waals surface area (Å²) < 4.78 is 8.37. The van der Waals surface area contributed by atoms with Crippen LogP contribution in [0.1, 0.15) is 70.1 Å². The van der Waals surface area contributed by atoms with Crippen molar-refractivity contribution in [2.24, 2.45) is 5.92 Å². The summed E-state index contributed by atoms with van der Waals surface area (Å²) in [6.45, 7) is 20.9. The van der Waals surface area contributed by atoms with E-state index in [2.05, 4.69) is 180 Å². The zero-order valence-electron chi connectivity index (χ0n) is 38.8. The van der Waals surface area contributed by atoms with Gasteiger partial charge in [-0.3, -0.25) is 9.97 Å². The van der Waals surface area contributed by atoms with Crippen molar-refractivity contribution >= 4 is 57.1 Å². The van der Waals surface area contributed by atoms with Crippen molar-refractivity contribution in [2.45, 2.75) is 79.4 Å². The zero-order chi connectivity index (χ0) is 44.7. The first-order valence-corrected chi connectivity index (χ1v) is 26.1. The SMILES string of the molecule is CC(C)Cc1cc(-c2[c-]cccc2)ncc1[Si](C)(C)C.CC(C)c1cc(-c2ccc3ccccc3c2)cc(C(C)C)c1-n1c(-c2[c-]c3c(nc2)oc2ccccc23)nc2ccccc21.[Ir]. The van der Waals surface area contributed by atoms with Gasteiger partial charge in [0.05, 0.1) is 30.5 Å². The molecular weight excluding hydrogens is 989 g/mol. The van der Waals surface area contributed by atoms with Crippen molar-refractivity contribution in [3.63, 3.8) is 0 Å². The Kier molecular flexibility index (Phi) is 13.2. The predicted octanol–water partition coefficient (Wildman–Crippen LogP) is 15.1. The molecule has 4 heterocycles.